The van der Waals surface area contributed by atoms with E-state index in [2.05, 4.69) is 17.9 Å². The second kappa shape index (κ2) is 5.46. The zero-order chi connectivity index (χ0) is 13.1. The van der Waals surface area contributed by atoms with Crippen LogP contribution in [0.2, 0.25) is 0 Å². The molecule has 1 amide bonds. The Hall–Kier alpha value is -1.14. The Morgan fingerprint density at radius 3 is 2.76 bits per heavy atom. The van der Waals surface area contributed by atoms with Crippen molar-refractivity contribution in [3.8, 4) is 0 Å². The Labute approximate surface area is 103 Å². The van der Waals surface area contributed by atoms with Crippen LogP contribution in [0.5, 0.6) is 0 Å². The second-order valence-electron chi connectivity index (χ2n) is 3.70. The van der Waals surface area contributed by atoms with E-state index in [0.29, 0.717) is 16.0 Å². The number of carbonyl (C=O) groups is 1. The highest BCUT2D eigenvalue weighted by Gasteiger charge is 2.28. The van der Waals surface area contributed by atoms with E-state index in [0.717, 1.165) is 0 Å². The number of aryl methyl sites for hydroxylation is 1. The molecule has 3 nitrogen and oxygen atoms in total. The average Bonchev–Trinajstić information content (AvgIpc) is 2.29. The van der Waals surface area contributed by atoms with Crippen LogP contribution in [0.15, 0.2) is 23.1 Å². The standard InChI is InChI=1S/C11H13F2NO2S/c1-7-2-3-8(17)4-9(7)10(16)14-5-11(12,13)6-15/h2-4,15,17H,5-6H2,1H3,(H,14,16). The van der Waals surface area contributed by atoms with E-state index >= 15 is 0 Å². The van der Waals surface area contributed by atoms with Gasteiger partial charge in [-0.3, -0.25) is 4.79 Å². The van der Waals surface area contributed by atoms with Gasteiger partial charge in [0, 0.05) is 10.5 Å². The van der Waals surface area contributed by atoms with Crippen LogP contribution in [0.4, 0.5) is 8.78 Å². The summed E-state index contributed by atoms with van der Waals surface area (Å²) in [5.41, 5.74) is 0.971. The van der Waals surface area contributed by atoms with E-state index in [1.54, 1.807) is 19.1 Å². The minimum Gasteiger partial charge on any atom is -0.390 e. The molecular formula is C11H13F2NO2S. The highest BCUT2D eigenvalue weighted by molar-refractivity contribution is 7.80. The van der Waals surface area contributed by atoms with Gasteiger partial charge in [-0.25, -0.2) is 8.78 Å². The third-order valence-electron chi connectivity index (χ3n) is 2.20. The maximum absolute atomic E-state index is 12.7. The summed E-state index contributed by atoms with van der Waals surface area (Å²) in [6, 6.07) is 4.89. The monoisotopic (exact) mass is 261 g/mol. The van der Waals surface area contributed by atoms with Crippen molar-refractivity contribution in [3.05, 3.63) is 29.3 Å². The summed E-state index contributed by atoms with van der Waals surface area (Å²) in [6.45, 7) is -0.482. The molecule has 0 aromatic heterocycles. The van der Waals surface area contributed by atoms with Crippen molar-refractivity contribution in [2.45, 2.75) is 17.7 Å². The van der Waals surface area contributed by atoms with Gasteiger partial charge in [0.05, 0.1) is 6.54 Å². The Kier molecular flexibility index (Phi) is 4.47. The molecule has 17 heavy (non-hydrogen) atoms. The highest BCUT2D eigenvalue weighted by atomic mass is 32.1. The second-order valence-corrected chi connectivity index (χ2v) is 4.21. The summed E-state index contributed by atoms with van der Waals surface area (Å²) in [5.74, 6) is -3.91. The molecule has 0 saturated carbocycles. The van der Waals surface area contributed by atoms with Crippen molar-refractivity contribution in [1.82, 2.24) is 5.32 Å². The molecule has 6 heteroatoms. The van der Waals surface area contributed by atoms with Crippen LogP contribution in [-0.2, 0) is 0 Å². The third kappa shape index (κ3) is 3.98. The Morgan fingerprint density at radius 1 is 1.53 bits per heavy atom. The van der Waals surface area contributed by atoms with Crippen LogP contribution in [0, 0.1) is 6.92 Å². The summed E-state index contributed by atoms with van der Waals surface area (Å²) in [4.78, 5) is 12.2. The number of thiol groups is 1. The van der Waals surface area contributed by atoms with E-state index < -0.39 is 25.0 Å². The van der Waals surface area contributed by atoms with Gasteiger partial charge in [0.25, 0.3) is 11.8 Å². The lowest BCUT2D eigenvalue weighted by molar-refractivity contribution is -0.0462. The van der Waals surface area contributed by atoms with Crippen LogP contribution in [0.1, 0.15) is 15.9 Å². The topological polar surface area (TPSA) is 49.3 Å². The highest BCUT2D eigenvalue weighted by Crippen LogP contribution is 2.15. The van der Waals surface area contributed by atoms with E-state index in [4.69, 9.17) is 5.11 Å². The van der Waals surface area contributed by atoms with E-state index in [1.807, 2.05) is 0 Å². The molecule has 0 radical (unpaired) electrons. The van der Waals surface area contributed by atoms with Crippen LogP contribution < -0.4 is 5.32 Å². The van der Waals surface area contributed by atoms with Gasteiger partial charge in [-0.05, 0) is 24.6 Å². The Bertz CT molecular complexity index is 424. The average molecular weight is 261 g/mol. The Balaban J connectivity index is 2.74. The number of aliphatic hydroxyl groups excluding tert-OH is 1. The maximum Gasteiger partial charge on any atom is 0.287 e. The summed E-state index contributed by atoms with van der Waals surface area (Å²) >= 11 is 4.07. The first kappa shape index (κ1) is 13.9. The van der Waals surface area contributed by atoms with Crippen molar-refractivity contribution in [3.63, 3.8) is 0 Å². The van der Waals surface area contributed by atoms with Gasteiger partial charge < -0.3 is 10.4 Å². The van der Waals surface area contributed by atoms with E-state index in [1.165, 1.54) is 6.07 Å². The maximum atomic E-state index is 12.7. The molecule has 0 heterocycles. The molecule has 0 bridgehead atoms. The van der Waals surface area contributed by atoms with Crippen LogP contribution in [0.25, 0.3) is 0 Å². The number of halogens is 2. The van der Waals surface area contributed by atoms with Crippen LogP contribution in [-0.4, -0.2) is 30.1 Å². The molecule has 1 aromatic carbocycles. The summed E-state index contributed by atoms with van der Waals surface area (Å²) in [7, 11) is 0. The lowest BCUT2D eigenvalue weighted by atomic mass is 10.1. The zero-order valence-electron chi connectivity index (χ0n) is 9.20. The fraction of sp³-hybridized carbons (Fsp3) is 0.364. The third-order valence-corrected chi connectivity index (χ3v) is 2.48. The molecule has 0 unspecified atom stereocenters. The zero-order valence-corrected chi connectivity index (χ0v) is 10.1. The molecule has 0 aliphatic rings. The van der Waals surface area contributed by atoms with Gasteiger partial charge in [0.1, 0.15) is 6.61 Å². The first-order valence-electron chi connectivity index (χ1n) is 4.92. The normalized spacial score (nSPS) is 11.4. The summed E-state index contributed by atoms with van der Waals surface area (Å²) in [5, 5.41) is 10.4. The van der Waals surface area contributed by atoms with Crippen molar-refractivity contribution in [2.75, 3.05) is 13.2 Å². The largest absolute Gasteiger partial charge is 0.390 e. The summed E-state index contributed by atoms with van der Waals surface area (Å²) in [6.07, 6.45) is 0. The van der Waals surface area contributed by atoms with Crippen LogP contribution in [0.3, 0.4) is 0 Å². The van der Waals surface area contributed by atoms with Crippen molar-refractivity contribution in [1.29, 1.82) is 0 Å². The number of hydrogen-bond acceptors (Lipinski definition) is 3. The minimum atomic E-state index is -3.30. The smallest absolute Gasteiger partial charge is 0.287 e. The number of amides is 1. The molecule has 0 saturated heterocycles. The van der Waals surface area contributed by atoms with Gasteiger partial charge in [-0.2, -0.15) is 0 Å². The molecule has 1 rings (SSSR count). The fourth-order valence-corrected chi connectivity index (χ4v) is 1.42. The van der Waals surface area contributed by atoms with E-state index in [-0.39, 0.29) is 0 Å². The number of alkyl halides is 2. The van der Waals surface area contributed by atoms with Gasteiger partial charge in [-0.15, -0.1) is 12.6 Å². The SMILES string of the molecule is Cc1ccc(S)cc1C(=O)NCC(F)(F)CO. The molecule has 0 spiro atoms. The predicted octanol–water partition coefficient (Wildman–Crippen LogP) is 1.64. The first-order chi connectivity index (χ1) is 7.85. The summed E-state index contributed by atoms with van der Waals surface area (Å²) < 4.78 is 25.5. The minimum absolute atomic E-state index is 0.297. The lowest BCUT2D eigenvalue weighted by Gasteiger charge is -2.14. The molecule has 1 aromatic rings. The quantitative estimate of drug-likeness (QED) is 0.722. The van der Waals surface area contributed by atoms with Crippen molar-refractivity contribution >= 4 is 18.5 Å². The molecule has 94 valence electrons. The molecule has 0 aliphatic carbocycles. The van der Waals surface area contributed by atoms with Crippen molar-refractivity contribution in [2.24, 2.45) is 0 Å². The number of aliphatic hydroxyl groups is 1. The Morgan fingerprint density at radius 2 is 2.18 bits per heavy atom. The van der Waals surface area contributed by atoms with E-state index in [9.17, 15) is 13.6 Å². The van der Waals surface area contributed by atoms with Crippen LogP contribution >= 0.6 is 12.6 Å². The lowest BCUT2D eigenvalue weighted by Crippen LogP contribution is -2.39. The number of carbonyl (C=O) groups excluding carboxylic acids is 1. The van der Waals surface area contributed by atoms with Gasteiger partial charge in [-0.1, -0.05) is 6.07 Å². The fourth-order valence-electron chi connectivity index (χ4n) is 1.22. The number of rotatable bonds is 4. The molecule has 0 aliphatic heterocycles. The van der Waals surface area contributed by atoms with Crippen molar-refractivity contribution < 1.29 is 18.7 Å². The molecular weight excluding hydrogens is 248 g/mol. The van der Waals surface area contributed by atoms with Gasteiger partial charge in [0.15, 0.2) is 0 Å². The first-order valence-corrected chi connectivity index (χ1v) is 5.37. The molecule has 0 atom stereocenters. The number of benzene rings is 1. The van der Waals surface area contributed by atoms with Gasteiger partial charge in [0.2, 0.25) is 0 Å². The molecule has 2 N–H and O–H groups in total. The predicted molar refractivity (Wildman–Crippen MR) is 62.8 cm³/mol. The number of nitrogens with one attached hydrogen (secondary N) is 1. The van der Waals surface area contributed by atoms with Gasteiger partial charge >= 0.3 is 0 Å². The molecule has 0 fully saturated rings. The number of hydrogen-bond donors (Lipinski definition) is 3.